The second kappa shape index (κ2) is 7.23. The molecule has 0 bridgehead atoms. The fourth-order valence-electron chi connectivity index (χ4n) is 4.24. The number of fused-ring (bicyclic) bond motifs is 1. The van der Waals surface area contributed by atoms with Gasteiger partial charge in [-0.2, -0.15) is 10.1 Å². The fourth-order valence-corrected chi connectivity index (χ4v) is 4.24. The third-order valence-corrected chi connectivity index (χ3v) is 5.81. The molecule has 7 nitrogen and oxygen atoms in total. The third-order valence-electron chi connectivity index (χ3n) is 5.81. The molecule has 0 spiro atoms. The number of nitrogens with two attached hydrogens (primary N) is 1. The van der Waals surface area contributed by atoms with Crippen molar-refractivity contribution in [3.05, 3.63) is 28.2 Å². The zero-order chi connectivity index (χ0) is 18.1. The molecule has 2 aliphatic rings. The molecule has 0 radical (unpaired) electrons. The van der Waals surface area contributed by atoms with Crippen LogP contribution in [-0.2, 0) is 19.4 Å². The van der Waals surface area contributed by atoms with Crippen LogP contribution in [0.15, 0.2) is 0 Å². The number of aryl methyl sites for hydroxylation is 2. The normalized spacial score (nSPS) is 18.7. The summed E-state index contributed by atoms with van der Waals surface area (Å²) in [5.74, 6) is 1.36. The highest BCUT2D eigenvalue weighted by Crippen LogP contribution is 2.27. The Morgan fingerprint density at radius 3 is 2.65 bits per heavy atom. The summed E-state index contributed by atoms with van der Waals surface area (Å²) in [6, 6.07) is 0.531. The van der Waals surface area contributed by atoms with Gasteiger partial charge in [0.1, 0.15) is 5.82 Å². The van der Waals surface area contributed by atoms with E-state index in [1.165, 1.54) is 36.8 Å². The number of aromatic amines is 1. The molecule has 0 unspecified atom stereocenters. The second-order valence-corrected chi connectivity index (χ2v) is 7.67. The SMILES string of the molecule is Cc1n[nH]c(C)c1CN1CCc2nc(N)nc(NC3CCCC3)c2CC1. The van der Waals surface area contributed by atoms with Gasteiger partial charge in [0.2, 0.25) is 5.95 Å². The van der Waals surface area contributed by atoms with Crippen molar-refractivity contribution in [1.82, 2.24) is 25.1 Å². The first-order valence-electron chi connectivity index (χ1n) is 9.74. The Kier molecular flexibility index (Phi) is 4.80. The van der Waals surface area contributed by atoms with Crippen molar-refractivity contribution in [3.63, 3.8) is 0 Å². The lowest BCUT2D eigenvalue weighted by Crippen LogP contribution is -2.26. The molecule has 1 fully saturated rings. The lowest BCUT2D eigenvalue weighted by atomic mass is 10.1. The highest BCUT2D eigenvalue weighted by molar-refractivity contribution is 5.51. The summed E-state index contributed by atoms with van der Waals surface area (Å²) in [5.41, 5.74) is 11.9. The molecule has 4 N–H and O–H groups in total. The van der Waals surface area contributed by atoms with E-state index < -0.39 is 0 Å². The Hall–Kier alpha value is -2.15. The van der Waals surface area contributed by atoms with Crippen LogP contribution < -0.4 is 11.1 Å². The molecule has 140 valence electrons. The second-order valence-electron chi connectivity index (χ2n) is 7.67. The predicted molar refractivity (Wildman–Crippen MR) is 103 cm³/mol. The van der Waals surface area contributed by atoms with Gasteiger partial charge >= 0.3 is 0 Å². The summed E-state index contributed by atoms with van der Waals surface area (Å²) in [6.07, 6.45) is 6.93. The molecule has 0 saturated heterocycles. The monoisotopic (exact) mass is 355 g/mol. The summed E-state index contributed by atoms with van der Waals surface area (Å²) in [6.45, 7) is 7.08. The zero-order valence-corrected chi connectivity index (χ0v) is 15.8. The molecule has 7 heteroatoms. The zero-order valence-electron chi connectivity index (χ0n) is 15.8. The van der Waals surface area contributed by atoms with E-state index in [1.807, 2.05) is 0 Å². The number of H-pyrrole nitrogens is 1. The Balaban J connectivity index is 1.51. The maximum absolute atomic E-state index is 6.00. The van der Waals surface area contributed by atoms with Crippen molar-refractivity contribution in [2.75, 3.05) is 24.1 Å². The first-order valence-corrected chi connectivity index (χ1v) is 9.74. The van der Waals surface area contributed by atoms with Crippen LogP contribution >= 0.6 is 0 Å². The van der Waals surface area contributed by atoms with Gasteiger partial charge in [-0.1, -0.05) is 12.8 Å². The predicted octanol–water partition coefficient (Wildman–Crippen LogP) is 2.35. The number of nitrogens with one attached hydrogen (secondary N) is 2. The van der Waals surface area contributed by atoms with Gasteiger partial charge in [-0.15, -0.1) is 0 Å². The van der Waals surface area contributed by atoms with Crippen molar-refractivity contribution >= 4 is 11.8 Å². The van der Waals surface area contributed by atoms with Crippen molar-refractivity contribution in [2.24, 2.45) is 0 Å². The van der Waals surface area contributed by atoms with E-state index in [9.17, 15) is 0 Å². The van der Waals surface area contributed by atoms with Gasteiger partial charge in [0.15, 0.2) is 0 Å². The standard InChI is InChI=1S/C19H29N7/c1-12-16(13(2)25-24-12)11-26-9-7-15-17(8-10-26)22-19(20)23-18(15)21-14-5-3-4-6-14/h14H,3-11H2,1-2H3,(H,24,25)(H3,20,21,22,23). The van der Waals surface area contributed by atoms with Gasteiger partial charge < -0.3 is 11.1 Å². The fraction of sp³-hybridized carbons (Fsp3) is 0.632. The van der Waals surface area contributed by atoms with Crippen molar-refractivity contribution in [1.29, 1.82) is 0 Å². The molecule has 0 aromatic carbocycles. The molecule has 4 rings (SSSR count). The van der Waals surface area contributed by atoms with Gasteiger partial charge in [0.05, 0.1) is 11.4 Å². The first kappa shape index (κ1) is 17.3. The Morgan fingerprint density at radius 1 is 1.15 bits per heavy atom. The smallest absolute Gasteiger partial charge is 0.222 e. The van der Waals surface area contributed by atoms with Gasteiger partial charge in [0, 0.05) is 48.9 Å². The number of hydrogen-bond acceptors (Lipinski definition) is 6. The number of hydrogen-bond donors (Lipinski definition) is 3. The molecule has 2 aromatic heterocycles. The minimum atomic E-state index is 0.388. The van der Waals surface area contributed by atoms with E-state index >= 15 is 0 Å². The highest BCUT2D eigenvalue weighted by Gasteiger charge is 2.23. The highest BCUT2D eigenvalue weighted by atomic mass is 15.2. The van der Waals surface area contributed by atoms with E-state index in [4.69, 9.17) is 5.73 Å². The third kappa shape index (κ3) is 3.53. The molecule has 1 saturated carbocycles. The van der Waals surface area contributed by atoms with Crippen molar-refractivity contribution in [3.8, 4) is 0 Å². The summed E-state index contributed by atoms with van der Waals surface area (Å²) < 4.78 is 0. The summed E-state index contributed by atoms with van der Waals surface area (Å²) in [5, 5.41) is 11.1. The number of nitrogen functional groups attached to an aromatic ring is 1. The van der Waals surface area contributed by atoms with E-state index in [-0.39, 0.29) is 0 Å². The Morgan fingerprint density at radius 2 is 1.92 bits per heavy atom. The van der Waals surface area contributed by atoms with Crippen LogP contribution in [0.25, 0.3) is 0 Å². The van der Waals surface area contributed by atoms with Gasteiger partial charge in [-0.05, 0) is 33.1 Å². The maximum Gasteiger partial charge on any atom is 0.222 e. The van der Waals surface area contributed by atoms with Gasteiger partial charge in [-0.25, -0.2) is 4.98 Å². The average molecular weight is 355 g/mol. The molecular weight excluding hydrogens is 326 g/mol. The molecule has 0 amide bonds. The molecule has 1 aliphatic carbocycles. The summed E-state index contributed by atoms with van der Waals surface area (Å²) >= 11 is 0. The van der Waals surface area contributed by atoms with Crippen LogP contribution in [0.4, 0.5) is 11.8 Å². The van der Waals surface area contributed by atoms with Gasteiger partial charge in [-0.3, -0.25) is 10.00 Å². The molecular formula is C19H29N7. The van der Waals surface area contributed by atoms with Gasteiger partial charge in [0.25, 0.3) is 0 Å². The minimum Gasteiger partial charge on any atom is -0.368 e. The van der Waals surface area contributed by atoms with Crippen molar-refractivity contribution in [2.45, 2.75) is 65.0 Å². The quantitative estimate of drug-likeness (QED) is 0.779. The van der Waals surface area contributed by atoms with E-state index in [0.29, 0.717) is 12.0 Å². The molecule has 3 heterocycles. The molecule has 0 atom stereocenters. The number of rotatable bonds is 4. The molecule has 1 aliphatic heterocycles. The number of aromatic nitrogens is 4. The molecule has 2 aromatic rings. The van der Waals surface area contributed by atoms with Crippen LogP contribution in [-0.4, -0.2) is 44.2 Å². The van der Waals surface area contributed by atoms with E-state index in [0.717, 1.165) is 55.4 Å². The average Bonchev–Trinajstić information content (AvgIpc) is 3.17. The lowest BCUT2D eigenvalue weighted by Gasteiger charge is -2.20. The number of nitrogens with zero attached hydrogens (tertiary/aromatic N) is 4. The Labute approximate surface area is 154 Å². The van der Waals surface area contributed by atoms with Crippen LogP contribution in [0, 0.1) is 13.8 Å². The summed E-state index contributed by atoms with van der Waals surface area (Å²) in [7, 11) is 0. The van der Waals surface area contributed by atoms with Crippen LogP contribution in [0.3, 0.4) is 0 Å². The first-order chi connectivity index (χ1) is 12.6. The number of anilines is 2. The van der Waals surface area contributed by atoms with Crippen LogP contribution in [0.1, 0.15) is 53.9 Å². The largest absolute Gasteiger partial charge is 0.368 e. The van der Waals surface area contributed by atoms with Crippen molar-refractivity contribution < 1.29 is 0 Å². The van der Waals surface area contributed by atoms with E-state index in [1.54, 1.807) is 0 Å². The minimum absolute atomic E-state index is 0.388. The van der Waals surface area contributed by atoms with Crippen LogP contribution in [0.5, 0.6) is 0 Å². The maximum atomic E-state index is 6.00. The van der Waals surface area contributed by atoms with E-state index in [2.05, 4.69) is 44.2 Å². The van der Waals surface area contributed by atoms with Crippen LogP contribution in [0.2, 0.25) is 0 Å². The molecule has 26 heavy (non-hydrogen) atoms. The summed E-state index contributed by atoms with van der Waals surface area (Å²) in [4.78, 5) is 11.6. The Bertz CT molecular complexity index is 757. The lowest BCUT2D eigenvalue weighted by molar-refractivity contribution is 0.278. The topological polar surface area (TPSA) is 95.8 Å².